The molecule has 108 valence electrons. The molecule has 2 rings (SSSR count). The maximum Gasteiger partial charge on any atom is 0.310 e. The van der Waals surface area contributed by atoms with Crippen molar-refractivity contribution >= 4 is 28.9 Å². The molecule has 1 heterocycles. The minimum Gasteiger partial charge on any atom is -0.469 e. The van der Waals surface area contributed by atoms with Gasteiger partial charge in [0.1, 0.15) is 10.7 Å². The minimum atomic E-state index is -0.468. The maximum atomic E-state index is 11.5. The van der Waals surface area contributed by atoms with Crippen molar-refractivity contribution in [2.24, 2.45) is 5.92 Å². The molecular formula is C13H15ClN2O4. The highest BCUT2D eigenvalue weighted by molar-refractivity contribution is 6.33. The Bertz CT molecular complexity index is 527. The van der Waals surface area contributed by atoms with E-state index in [1.165, 1.54) is 13.2 Å². The number of hydrogen-bond donors (Lipinski definition) is 0. The summed E-state index contributed by atoms with van der Waals surface area (Å²) in [7, 11) is 1.37. The monoisotopic (exact) mass is 298 g/mol. The fraction of sp³-hybridized carbons (Fsp3) is 0.462. The molecule has 1 aliphatic rings. The molecule has 6 nitrogen and oxygen atoms in total. The second-order valence-corrected chi connectivity index (χ2v) is 5.06. The van der Waals surface area contributed by atoms with E-state index < -0.39 is 4.92 Å². The van der Waals surface area contributed by atoms with E-state index in [9.17, 15) is 14.9 Å². The summed E-state index contributed by atoms with van der Waals surface area (Å²) in [5.41, 5.74) is 0.427. The van der Waals surface area contributed by atoms with E-state index >= 15 is 0 Å². The molecule has 1 saturated heterocycles. The lowest BCUT2D eigenvalue weighted by Crippen LogP contribution is -2.37. The SMILES string of the molecule is COC(=O)C1CCN(c2cccc(Cl)c2[N+](=O)[O-])CC1. The number of piperidine rings is 1. The lowest BCUT2D eigenvalue weighted by Gasteiger charge is -2.32. The van der Waals surface area contributed by atoms with E-state index in [0.29, 0.717) is 31.6 Å². The van der Waals surface area contributed by atoms with Crippen LogP contribution in [0.3, 0.4) is 0 Å². The van der Waals surface area contributed by atoms with Crippen molar-refractivity contribution in [3.8, 4) is 0 Å². The smallest absolute Gasteiger partial charge is 0.310 e. The van der Waals surface area contributed by atoms with E-state index in [-0.39, 0.29) is 22.6 Å². The Morgan fingerprint density at radius 1 is 1.45 bits per heavy atom. The zero-order chi connectivity index (χ0) is 14.7. The first-order valence-electron chi connectivity index (χ1n) is 6.30. The Morgan fingerprint density at radius 3 is 2.65 bits per heavy atom. The van der Waals surface area contributed by atoms with Gasteiger partial charge in [0, 0.05) is 13.1 Å². The molecule has 1 aliphatic heterocycles. The summed E-state index contributed by atoms with van der Waals surface area (Å²) in [6.45, 7) is 1.14. The molecule has 0 saturated carbocycles. The topological polar surface area (TPSA) is 72.7 Å². The second-order valence-electron chi connectivity index (χ2n) is 4.65. The first kappa shape index (κ1) is 14.6. The summed E-state index contributed by atoms with van der Waals surface area (Å²) in [5.74, 6) is -0.347. The number of nitro groups is 1. The van der Waals surface area contributed by atoms with Crippen LogP contribution in [0.5, 0.6) is 0 Å². The number of rotatable bonds is 3. The standard InChI is InChI=1S/C13H15ClN2O4/c1-20-13(17)9-5-7-15(8-6-9)11-4-2-3-10(14)12(11)16(18)19/h2-4,9H,5-8H2,1H3. The van der Waals surface area contributed by atoms with Crippen LogP contribution >= 0.6 is 11.6 Å². The Labute approximate surface area is 121 Å². The molecular weight excluding hydrogens is 284 g/mol. The van der Waals surface area contributed by atoms with Gasteiger partial charge in [0.05, 0.1) is 18.0 Å². The summed E-state index contributed by atoms with van der Waals surface area (Å²) < 4.78 is 4.72. The van der Waals surface area contributed by atoms with Crippen molar-refractivity contribution in [2.75, 3.05) is 25.1 Å². The second kappa shape index (κ2) is 6.09. The minimum absolute atomic E-state index is 0.0781. The third-order valence-corrected chi connectivity index (χ3v) is 3.82. The molecule has 0 aromatic heterocycles. The van der Waals surface area contributed by atoms with Crippen LogP contribution in [0.2, 0.25) is 5.02 Å². The van der Waals surface area contributed by atoms with Gasteiger partial charge in [0.15, 0.2) is 0 Å². The van der Waals surface area contributed by atoms with Crippen molar-refractivity contribution in [1.29, 1.82) is 0 Å². The van der Waals surface area contributed by atoms with Crippen LogP contribution < -0.4 is 4.90 Å². The molecule has 1 aromatic carbocycles. The quantitative estimate of drug-likeness (QED) is 0.487. The number of para-hydroxylation sites is 1. The van der Waals surface area contributed by atoms with E-state index in [4.69, 9.17) is 16.3 Å². The normalized spacial score (nSPS) is 16.0. The zero-order valence-electron chi connectivity index (χ0n) is 11.0. The van der Waals surface area contributed by atoms with E-state index in [2.05, 4.69) is 0 Å². The van der Waals surface area contributed by atoms with Gasteiger partial charge in [0.25, 0.3) is 0 Å². The predicted octanol–water partition coefficient (Wildman–Crippen LogP) is 2.64. The van der Waals surface area contributed by atoms with E-state index in [1.807, 2.05) is 4.90 Å². The van der Waals surface area contributed by atoms with Gasteiger partial charge in [0.2, 0.25) is 0 Å². The van der Waals surface area contributed by atoms with Crippen molar-refractivity contribution in [3.63, 3.8) is 0 Å². The van der Waals surface area contributed by atoms with Gasteiger partial charge in [-0.05, 0) is 25.0 Å². The summed E-state index contributed by atoms with van der Waals surface area (Å²) in [4.78, 5) is 24.0. The predicted molar refractivity (Wildman–Crippen MR) is 75.1 cm³/mol. The number of anilines is 1. The van der Waals surface area contributed by atoms with Gasteiger partial charge in [-0.2, -0.15) is 0 Å². The van der Waals surface area contributed by atoms with Crippen LogP contribution in [0.1, 0.15) is 12.8 Å². The van der Waals surface area contributed by atoms with Crippen molar-refractivity contribution < 1.29 is 14.5 Å². The number of benzene rings is 1. The Morgan fingerprint density at radius 2 is 2.10 bits per heavy atom. The van der Waals surface area contributed by atoms with Crippen LogP contribution in [-0.2, 0) is 9.53 Å². The van der Waals surface area contributed by atoms with Crippen molar-refractivity contribution in [2.45, 2.75) is 12.8 Å². The number of carbonyl (C=O) groups is 1. The molecule has 0 atom stereocenters. The van der Waals surface area contributed by atoms with Crippen LogP contribution in [0.4, 0.5) is 11.4 Å². The van der Waals surface area contributed by atoms with Crippen LogP contribution in [0, 0.1) is 16.0 Å². The van der Waals surface area contributed by atoms with E-state index in [1.54, 1.807) is 12.1 Å². The third kappa shape index (κ3) is 2.85. The molecule has 20 heavy (non-hydrogen) atoms. The maximum absolute atomic E-state index is 11.5. The molecule has 7 heteroatoms. The molecule has 0 spiro atoms. The first-order valence-corrected chi connectivity index (χ1v) is 6.68. The lowest BCUT2D eigenvalue weighted by atomic mass is 9.96. The molecule has 0 radical (unpaired) electrons. The average molecular weight is 299 g/mol. The van der Waals surface area contributed by atoms with Crippen LogP contribution in [0.25, 0.3) is 0 Å². The number of nitro benzene ring substituents is 1. The van der Waals surface area contributed by atoms with Gasteiger partial charge in [-0.1, -0.05) is 17.7 Å². The van der Waals surface area contributed by atoms with Gasteiger partial charge in [-0.15, -0.1) is 0 Å². The summed E-state index contributed by atoms with van der Waals surface area (Å²) in [5, 5.41) is 11.3. The van der Waals surface area contributed by atoms with Crippen molar-refractivity contribution in [1.82, 2.24) is 0 Å². The highest BCUT2D eigenvalue weighted by atomic mass is 35.5. The molecule has 1 fully saturated rings. The molecule has 1 aromatic rings. The Balaban J connectivity index is 2.17. The summed E-state index contributed by atoms with van der Waals surface area (Å²) in [6.07, 6.45) is 1.24. The lowest BCUT2D eigenvalue weighted by molar-refractivity contribution is -0.384. The summed E-state index contributed by atoms with van der Waals surface area (Å²) in [6, 6.07) is 4.88. The van der Waals surface area contributed by atoms with Crippen LogP contribution in [-0.4, -0.2) is 31.1 Å². The van der Waals surface area contributed by atoms with Crippen molar-refractivity contribution in [3.05, 3.63) is 33.3 Å². The number of nitrogens with zero attached hydrogens (tertiary/aromatic N) is 2. The van der Waals surface area contributed by atoms with Gasteiger partial charge in [-0.25, -0.2) is 0 Å². The Hall–Kier alpha value is -1.82. The largest absolute Gasteiger partial charge is 0.469 e. The number of carbonyl (C=O) groups excluding carboxylic acids is 1. The zero-order valence-corrected chi connectivity index (χ0v) is 11.8. The number of ether oxygens (including phenoxy) is 1. The fourth-order valence-electron chi connectivity index (χ4n) is 2.46. The first-order chi connectivity index (χ1) is 9.54. The summed E-state index contributed by atoms with van der Waals surface area (Å²) >= 11 is 5.90. The molecule has 0 amide bonds. The van der Waals surface area contributed by atoms with Gasteiger partial charge < -0.3 is 9.64 Å². The number of halogens is 1. The molecule has 0 unspecified atom stereocenters. The molecule has 0 N–H and O–H groups in total. The molecule has 0 aliphatic carbocycles. The van der Waals surface area contributed by atoms with Gasteiger partial charge >= 0.3 is 11.7 Å². The highest BCUT2D eigenvalue weighted by Crippen LogP contribution is 2.36. The average Bonchev–Trinajstić information content (AvgIpc) is 2.46. The number of hydrogen-bond acceptors (Lipinski definition) is 5. The molecule has 0 bridgehead atoms. The fourth-order valence-corrected chi connectivity index (χ4v) is 2.70. The number of esters is 1. The highest BCUT2D eigenvalue weighted by Gasteiger charge is 2.29. The van der Waals surface area contributed by atoms with Gasteiger partial charge in [-0.3, -0.25) is 14.9 Å². The van der Waals surface area contributed by atoms with E-state index in [0.717, 1.165) is 0 Å². The Kier molecular flexibility index (Phi) is 4.44. The van der Waals surface area contributed by atoms with Crippen LogP contribution in [0.15, 0.2) is 18.2 Å². The third-order valence-electron chi connectivity index (χ3n) is 3.52. The number of methoxy groups -OCH3 is 1.